The minimum atomic E-state index is -3.54. The van der Waals surface area contributed by atoms with Crippen molar-refractivity contribution in [1.82, 2.24) is 9.62 Å². The molecule has 0 atom stereocenters. The lowest BCUT2D eigenvalue weighted by molar-refractivity contribution is 0.176. The molecule has 0 bridgehead atoms. The fraction of sp³-hybridized carbons (Fsp3) is 0.714. The molecule has 0 aliphatic carbocycles. The second-order valence-corrected chi connectivity index (χ2v) is 10.2. The predicted molar refractivity (Wildman–Crippen MR) is 109 cm³/mol. The number of hydrogen-bond acceptors (Lipinski definition) is 4. The van der Waals surface area contributed by atoms with E-state index in [9.17, 15) is 8.42 Å². The molecule has 0 radical (unpaired) electrons. The summed E-state index contributed by atoms with van der Waals surface area (Å²) in [5.74, 6) is 2.13. The van der Waals surface area contributed by atoms with Crippen LogP contribution in [-0.2, 0) is 10.0 Å². The van der Waals surface area contributed by atoms with Crippen LogP contribution in [0.1, 0.15) is 56.6 Å². The normalized spacial score (nSPS) is 20.9. The van der Waals surface area contributed by atoms with Gasteiger partial charge in [-0.3, -0.25) is 0 Å². The van der Waals surface area contributed by atoms with Crippen LogP contribution in [0.5, 0.6) is 5.75 Å². The first-order chi connectivity index (χ1) is 12.8. The van der Waals surface area contributed by atoms with Crippen LogP contribution in [0.15, 0.2) is 17.0 Å². The maximum atomic E-state index is 13.4. The molecule has 0 spiro atoms. The van der Waals surface area contributed by atoms with Crippen LogP contribution in [0.3, 0.4) is 0 Å². The highest BCUT2D eigenvalue weighted by Crippen LogP contribution is 2.36. The van der Waals surface area contributed by atoms with Crippen molar-refractivity contribution >= 4 is 10.0 Å². The molecule has 2 aliphatic heterocycles. The maximum Gasteiger partial charge on any atom is 0.246 e. The van der Waals surface area contributed by atoms with Crippen LogP contribution in [-0.4, -0.2) is 46.0 Å². The number of ether oxygens (including phenoxy) is 1. The van der Waals surface area contributed by atoms with Gasteiger partial charge in [0.1, 0.15) is 10.6 Å². The van der Waals surface area contributed by atoms with Gasteiger partial charge in [0.15, 0.2) is 0 Å². The van der Waals surface area contributed by atoms with E-state index in [4.69, 9.17) is 4.74 Å². The molecule has 5 nitrogen and oxygen atoms in total. The number of sulfonamides is 1. The van der Waals surface area contributed by atoms with Crippen molar-refractivity contribution in [2.45, 2.75) is 57.3 Å². The highest BCUT2D eigenvalue weighted by atomic mass is 32.2. The van der Waals surface area contributed by atoms with Crippen LogP contribution in [0.4, 0.5) is 0 Å². The summed E-state index contributed by atoms with van der Waals surface area (Å²) in [4.78, 5) is 0.319. The first-order valence-electron chi connectivity index (χ1n) is 10.2. The predicted octanol–water partition coefficient (Wildman–Crippen LogP) is 3.53. The van der Waals surface area contributed by atoms with Crippen molar-refractivity contribution in [3.8, 4) is 5.75 Å². The summed E-state index contributed by atoms with van der Waals surface area (Å²) in [5.41, 5.74) is 2.14. The van der Waals surface area contributed by atoms with Crippen LogP contribution >= 0.6 is 0 Å². The van der Waals surface area contributed by atoms with Gasteiger partial charge in [0.05, 0.1) is 7.11 Å². The van der Waals surface area contributed by atoms with Gasteiger partial charge >= 0.3 is 0 Å². The Bertz CT molecular complexity index is 747. The van der Waals surface area contributed by atoms with Crippen molar-refractivity contribution in [2.75, 3.05) is 33.3 Å². The van der Waals surface area contributed by atoms with Gasteiger partial charge in [0.2, 0.25) is 10.0 Å². The Labute approximate surface area is 164 Å². The fourth-order valence-electron chi connectivity index (χ4n) is 4.70. The Morgan fingerprint density at radius 2 is 1.67 bits per heavy atom. The zero-order chi connectivity index (χ0) is 19.6. The van der Waals surface area contributed by atoms with Crippen molar-refractivity contribution in [2.24, 2.45) is 11.8 Å². The van der Waals surface area contributed by atoms with Crippen LogP contribution in [0.25, 0.3) is 0 Å². The van der Waals surface area contributed by atoms with Crippen molar-refractivity contribution in [3.63, 3.8) is 0 Å². The quantitative estimate of drug-likeness (QED) is 0.830. The van der Waals surface area contributed by atoms with E-state index in [2.05, 4.69) is 19.2 Å². The van der Waals surface area contributed by atoms with E-state index in [-0.39, 0.29) is 5.92 Å². The highest BCUT2D eigenvalue weighted by molar-refractivity contribution is 7.89. The molecular formula is C21H34N2O3S. The Balaban J connectivity index is 1.80. The van der Waals surface area contributed by atoms with Gasteiger partial charge in [0.25, 0.3) is 0 Å². The third-order valence-corrected chi connectivity index (χ3v) is 8.26. The zero-order valence-corrected chi connectivity index (χ0v) is 17.9. The second-order valence-electron chi connectivity index (χ2n) is 8.34. The van der Waals surface area contributed by atoms with E-state index in [1.165, 1.54) is 12.8 Å². The molecule has 2 aliphatic rings. The van der Waals surface area contributed by atoms with E-state index in [0.717, 1.165) is 43.0 Å². The number of piperidine rings is 2. The summed E-state index contributed by atoms with van der Waals surface area (Å²) in [6, 6.07) is 3.69. The van der Waals surface area contributed by atoms with E-state index in [0.29, 0.717) is 29.7 Å². The third-order valence-electron chi connectivity index (χ3n) is 6.34. The topological polar surface area (TPSA) is 58.6 Å². The van der Waals surface area contributed by atoms with E-state index in [1.807, 2.05) is 19.1 Å². The molecule has 0 saturated carbocycles. The van der Waals surface area contributed by atoms with Crippen molar-refractivity contribution in [1.29, 1.82) is 0 Å². The van der Waals surface area contributed by atoms with Gasteiger partial charge < -0.3 is 10.1 Å². The van der Waals surface area contributed by atoms with Gasteiger partial charge in [0, 0.05) is 13.1 Å². The molecule has 152 valence electrons. The molecule has 2 saturated heterocycles. The number of methoxy groups -OCH3 is 1. The number of nitrogens with one attached hydrogen (secondary N) is 1. The Hall–Kier alpha value is -1.11. The summed E-state index contributed by atoms with van der Waals surface area (Å²) < 4.78 is 33.9. The highest BCUT2D eigenvalue weighted by Gasteiger charge is 2.34. The summed E-state index contributed by atoms with van der Waals surface area (Å²) >= 11 is 0. The number of rotatable bonds is 5. The molecule has 2 heterocycles. The number of benzene rings is 1. The maximum absolute atomic E-state index is 13.4. The molecular weight excluding hydrogens is 360 g/mol. The average molecular weight is 395 g/mol. The first-order valence-corrected chi connectivity index (χ1v) is 11.7. The molecule has 1 aromatic carbocycles. The van der Waals surface area contributed by atoms with Crippen molar-refractivity contribution in [3.05, 3.63) is 23.3 Å². The van der Waals surface area contributed by atoms with Gasteiger partial charge in [-0.1, -0.05) is 13.8 Å². The van der Waals surface area contributed by atoms with Gasteiger partial charge in [-0.15, -0.1) is 0 Å². The Morgan fingerprint density at radius 1 is 1.07 bits per heavy atom. The smallest absolute Gasteiger partial charge is 0.246 e. The molecule has 0 amide bonds. The summed E-state index contributed by atoms with van der Waals surface area (Å²) in [7, 11) is -1.99. The third kappa shape index (κ3) is 4.33. The summed E-state index contributed by atoms with van der Waals surface area (Å²) in [6.07, 6.45) is 4.38. The summed E-state index contributed by atoms with van der Waals surface area (Å²) in [6.45, 7) is 9.63. The lowest BCUT2D eigenvalue weighted by Crippen LogP contribution is -2.42. The Morgan fingerprint density at radius 3 is 2.22 bits per heavy atom. The SMILES string of the molecule is COc1cc(C)c(C(C)C)cc1S(=O)(=O)N1CCC(C2CCNCC2)CC1. The molecule has 1 aromatic rings. The number of aryl methyl sites for hydroxylation is 1. The van der Waals surface area contributed by atoms with Crippen LogP contribution in [0.2, 0.25) is 0 Å². The molecule has 0 aromatic heterocycles. The molecule has 2 fully saturated rings. The number of nitrogens with zero attached hydrogens (tertiary/aromatic N) is 1. The number of hydrogen-bond donors (Lipinski definition) is 1. The lowest BCUT2D eigenvalue weighted by atomic mass is 9.79. The summed E-state index contributed by atoms with van der Waals surface area (Å²) in [5, 5.41) is 3.42. The van der Waals surface area contributed by atoms with Crippen LogP contribution in [0, 0.1) is 18.8 Å². The molecule has 3 rings (SSSR count). The van der Waals surface area contributed by atoms with Gasteiger partial charge in [-0.25, -0.2) is 8.42 Å². The van der Waals surface area contributed by atoms with Crippen LogP contribution < -0.4 is 10.1 Å². The Kier molecular flexibility index (Phi) is 6.49. The first kappa shape index (κ1) is 20.6. The van der Waals surface area contributed by atoms with E-state index in [1.54, 1.807) is 11.4 Å². The monoisotopic (exact) mass is 394 g/mol. The molecule has 27 heavy (non-hydrogen) atoms. The lowest BCUT2D eigenvalue weighted by Gasteiger charge is -2.37. The van der Waals surface area contributed by atoms with E-state index < -0.39 is 10.0 Å². The minimum Gasteiger partial charge on any atom is -0.495 e. The molecule has 1 N–H and O–H groups in total. The van der Waals surface area contributed by atoms with E-state index >= 15 is 0 Å². The zero-order valence-electron chi connectivity index (χ0n) is 17.1. The van der Waals surface area contributed by atoms with Gasteiger partial charge in [-0.05, 0) is 86.7 Å². The second kappa shape index (κ2) is 8.50. The minimum absolute atomic E-state index is 0.274. The van der Waals surface area contributed by atoms with Crippen molar-refractivity contribution < 1.29 is 13.2 Å². The standard InChI is InChI=1S/C21H34N2O3S/c1-15(2)19-14-21(20(26-4)13-16(19)3)27(24,25)23-11-7-18(8-12-23)17-5-9-22-10-6-17/h13-15,17-18,22H,5-12H2,1-4H3. The molecule has 6 heteroatoms. The largest absolute Gasteiger partial charge is 0.495 e. The average Bonchev–Trinajstić information content (AvgIpc) is 2.68. The molecule has 0 unspecified atom stereocenters. The fourth-order valence-corrected chi connectivity index (χ4v) is 6.34. The van der Waals surface area contributed by atoms with Gasteiger partial charge in [-0.2, -0.15) is 4.31 Å².